The molecule has 1 fully saturated rings. The molecule has 3 aliphatic heterocycles. The first-order valence-corrected chi connectivity index (χ1v) is 7.92. The molecule has 20 heavy (non-hydrogen) atoms. The predicted molar refractivity (Wildman–Crippen MR) is 74.9 cm³/mol. The van der Waals surface area contributed by atoms with Crippen LogP contribution in [0.1, 0.15) is 5.69 Å². The summed E-state index contributed by atoms with van der Waals surface area (Å²) in [5, 5.41) is 11.3. The third-order valence-electron chi connectivity index (χ3n) is 3.38. The van der Waals surface area contributed by atoms with Crippen molar-refractivity contribution in [3.8, 4) is 0 Å². The molecule has 6 nitrogen and oxygen atoms in total. The van der Waals surface area contributed by atoms with Crippen molar-refractivity contribution >= 4 is 41.5 Å². The van der Waals surface area contributed by atoms with Gasteiger partial charge in [-0.3, -0.25) is 9.69 Å². The van der Waals surface area contributed by atoms with E-state index in [1.54, 1.807) is 17.8 Å². The van der Waals surface area contributed by atoms with Gasteiger partial charge in [-0.15, -0.1) is 11.8 Å². The fourth-order valence-corrected chi connectivity index (χ4v) is 4.49. The molecular formula is C12H9N3O3S2. The Bertz CT molecular complexity index is 685. The van der Waals surface area contributed by atoms with Crippen molar-refractivity contribution in [1.29, 1.82) is 0 Å². The summed E-state index contributed by atoms with van der Waals surface area (Å²) in [6.45, 7) is 0.944. The van der Waals surface area contributed by atoms with Gasteiger partial charge in [-0.1, -0.05) is 11.8 Å². The van der Waals surface area contributed by atoms with Crippen LogP contribution in [0.2, 0.25) is 0 Å². The average Bonchev–Trinajstić information content (AvgIpc) is 3.07. The lowest BCUT2D eigenvalue weighted by Crippen LogP contribution is -2.51. The third-order valence-corrected chi connectivity index (χ3v) is 5.43. The Labute approximate surface area is 122 Å². The Balaban J connectivity index is 1.61. The third kappa shape index (κ3) is 1.58. The fraction of sp³-hybridized carbons (Fsp3) is 0.250. The van der Waals surface area contributed by atoms with E-state index in [1.807, 2.05) is 6.20 Å². The summed E-state index contributed by atoms with van der Waals surface area (Å²) in [6, 6.07) is 0. The highest BCUT2D eigenvalue weighted by atomic mass is 32.2. The highest BCUT2D eigenvalue weighted by molar-refractivity contribution is 8.03. The van der Waals surface area contributed by atoms with Crippen LogP contribution in [0.3, 0.4) is 0 Å². The molecule has 102 valence electrons. The van der Waals surface area contributed by atoms with Gasteiger partial charge in [0, 0.05) is 23.9 Å². The van der Waals surface area contributed by atoms with Crippen molar-refractivity contribution < 1.29 is 14.7 Å². The molecule has 8 heteroatoms. The molecule has 0 aromatic carbocycles. The maximum absolute atomic E-state index is 12.0. The van der Waals surface area contributed by atoms with Crippen LogP contribution in [-0.4, -0.2) is 42.6 Å². The van der Waals surface area contributed by atoms with Crippen LogP contribution < -0.4 is 0 Å². The summed E-state index contributed by atoms with van der Waals surface area (Å²) in [4.78, 5) is 28.8. The van der Waals surface area contributed by atoms with Crippen molar-refractivity contribution in [2.75, 3.05) is 5.75 Å². The number of hydrogen-bond acceptors (Lipinski definition) is 5. The van der Waals surface area contributed by atoms with Crippen molar-refractivity contribution in [2.24, 2.45) is 0 Å². The Morgan fingerprint density at radius 2 is 2.40 bits per heavy atom. The van der Waals surface area contributed by atoms with E-state index in [-0.39, 0.29) is 17.0 Å². The summed E-state index contributed by atoms with van der Waals surface area (Å²) >= 11 is 3.04. The zero-order valence-electron chi connectivity index (χ0n) is 10.1. The number of thioether (sulfide) groups is 2. The van der Waals surface area contributed by atoms with Crippen molar-refractivity contribution in [3.63, 3.8) is 0 Å². The molecule has 4 rings (SSSR count). The highest BCUT2D eigenvalue weighted by Crippen LogP contribution is 2.45. The minimum atomic E-state index is -1.07. The second-order valence-corrected chi connectivity index (χ2v) is 6.58. The van der Waals surface area contributed by atoms with E-state index in [9.17, 15) is 9.59 Å². The van der Waals surface area contributed by atoms with Crippen LogP contribution in [0, 0.1) is 0 Å². The van der Waals surface area contributed by atoms with E-state index in [0.29, 0.717) is 5.57 Å². The van der Waals surface area contributed by atoms with Crippen LogP contribution in [0.5, 0.6) is 0 Å². The number of aromatic nitrogens is 2. The molecule has 1 amide bonds. The van der Waals surface area contributed by atoms with Gasteiger partial charge >= 0.3 is 5.97 Å². The first-order valence-electron chi connectivity index (χ1n) is 5.99. The zero-order chi connectivity index (χ0) is 13.9. The second kappa shape index (κ2) is 4.16. The Morgan fingerprint density at radius 3 is 3.15 bits per heavy atom. The molecule has 1 unspecified atom stereocenters. The lowest BCUT2D eigenvalue weighted by Gasteiger charge is -2.36. The molecule has 4 heterocycles. The number of aliphatic carboxylic acids is 1. The number of carbonyl (C=O) groups excluding carboxylic acids is 1. The van der Waals surface area contributed by atoms with Crippen LogP contribution >= 0.6 is 23.5 Å². The summed E-state index contributed by atoms with van der Waals surface area (Å²) < 4.78 is 2.07. The van der Waals surface area contributed by atoms with Gasteiger partial charge in [0.1, 0.15) is 11.1 Å². The standard InChI is InChI=1S/C12H9N3O3S2/c16-9-7(10-15(9)8(5-20-10)11(17)18)3-6-4-14-1-2-19-12(14)13-6/h3-5,10H,1-2H2,(H,17,18). The van der Waals surface area contributed by atoms with Gasteiger partial charge in [0.2, 0.25) is 0 Å². The molecule has 0 bridgehead atoms. The number of fused-ring (bicyclic) bond motifs is 2. The van der Waals surface area contributed by atoms with Crippen molar-refractivity contribution in [2.45, 2.75) is 17.1 Å². The Morgan fingerprint density at radius 1 is 1.55 bits per heavy atom. The van der Waals surface area contributed by atoms with Gasteiger partial charge < -0.3 is 9.67 Å². The van der Waals surface area contributed by atoms with E-state index in [1.165, 1.54) is 22.1 Å². The molecule has 0 saturated carbocycles. The number of carbonyl (C=O) groups is 2. The minimum absolute atomic E-state index is 0.0602. The van der Waals surface area contributed by atoms with Crippen LogP contribution in [0.4, 0.5) is 0 Å². The molecule has 1 atom stereocenters. The van der Waals surface area contributed by atoms with Gasteiger partial charge in [-0.05, 0) is 6.08 Å². The number of amides is 1. The molecule has 1 saturated heterocycles. The summed E-state index contributed by atoms with van der Waals surface area (Å²) in [7, 11) is 0. The summed E-state index contributed by atoms with van der Waals surface area (Å²) in [6.07, 6.45) is 3.70. The number of aryl methyl sites for hydroxylation is 1. The fourth-order valence-electron chi connectivity index (χ4n) is 2.42. The quantitative estimate of drug-likeness (QED) is 0.654. The average molecular weight is 307 g/mol. The predicted octanol–water partition coefficient (Wildman–Crippen LogP) is 1.21. The number of rotatable bonds is 2. The zero-order valence-corrected chi connectivity index (χ0v) is 11.8. The number of hydrogen-bond donors (Lipinski definition) is 1. The van der Waals surface area contributed by atoms with Gasteiger partial charge in [0.25, 0.3) is 5.91 Å². The van der Waals surface area contributed by atoms with E-state index < -0.39 is 5.97 Å². The molecule has 0 aliphatic carbocycles. The first-order chi connectivity index (χ1) is 9.65. The molecule has 0 radical (unpaired) electrons. The maximum Gasteiger partial charge on any atom is 0.353 e. The van der Waals surface area contributed by atoms with Gasteiger partial charge in [-0.25, -0.2) is 9.78 Å². The van der Waals surface area contributed by atoms with Gasteiger partial charge in [0.15, 0.2) is 5.16 Å². The summed E-state index contributed by atoms with van der Waals surface area (Å²) in [5.41, 5.74) is 1.44. The van der Waals surface area contributed by atoms with Crippen LogP contribution in [-0.2, 0) is 16.1 Å². The van der Waals surface area contributed by atoms with Gasteiger partial charge in [-0.2, -0.15) is 0 Å². The molecule has 0 spiro atoms. The van der Waals surface area contributed by atoms with Gasteiger partial charge in [0.05, 0.1) is 11.3 Å². The molecule has 1 aromatic heterocycles. The van der Waals surface area contributed by atoms with E-state index >= 15 is 0 Å². The molecular weight excluding hydrogens is 298 g/mol. The summed E-state index contributed by atoms with van der Waals surface area (Å²) in [5.74, 6) is -0.268. The number of carboxylic acid groups (broad SMARTS) is 1. The van der Waals surface area contributed by atoms with E-state index in [4.69, 9.17) is 5.11 Å². The number of imidazole rings is 1. The van der Waals surface area contributed by atoms with Crippen molar-refractivity contribution in [1.82, 2.24) is 14.5 Å². The Hall–Kier alpha value is -1.67. The normalized spacial score (nSPS) is 25.5. The number of β-lactam (4-membered cyclic amide) rings is 1. The van der Waals surface area contributed by atoms with Crippen LogP contribution in [0.25, 0.3) is 6.08 Å². The van der Waals surface area contributed by atoms with E-state index in [0.717, 1.165) is 23.1 Å². The molecule has 3 aliphatic rings. The lowest BCUT2D eigenvalue weighted by molar-refractivity contribution is -0.141. The van der Waals surface area contributed by atoms with Crippen LogP contribution in [0.15, 0.2) is 28.0 Å². The molecule has 1 N–H and O–H groups in total. The topological polar surface area (TPSA) is 75.4 Å². The highest BCUT2D eigenvalue weighted by Gasteiger charge is 2.49. The lowest BCUT2D eigenvalue weighted by atomic mass is 10.0. The largest absolute Gasteiger partial charge is 0.477 e. The Kier molecular flexibility index (Phi) is 2.52. The first kappa shape index (κ1) is 12.1. The SMILES string of the molecule is O=C(O)C1=CSC2C(=Cc3cn4c(n3)SCC4)C(=O)N12. The molecule has 1 aromatic rings. The number of carboxylic acids is 1. The van der Waals surface area contributed by atoms with E-state index in [2.05, 4.69) is 9.55 Å². The van der Waals surface area contributed by atoms with Crippen molar-refractivity contribution in [3.05, 3.63) is 28.6 Å². The second-order valence-electron chi connectivity index (χ2n) is 4.56. The number of nitrogens with zero attached hydrogens (tertiary/aromatic N) is 3. The minimum Gasteiger partial charge on any atom is -0.477 e. The monoisotopic (exact) mass is 307 g/mol. The smallest absolute Gasteiger partial charge is 0.353 e. The maximum atomic E-state index is 12.0.